The van der Waals surface area contributed by atoms with Gasteiger partial charge in [-0.05, 0) is 0 Å². The molecule has 0 spiro atoms. The van der Waals surface area contributed by atoms with Crippen molar-refractivity contribution in [3.63, 3.8) is 0 Å². The molecule has 0 aromatic rings. The molecule has 0 aromatic heterocycles. The molecule has 2 nitrogen and oxygen atoms in total. The quantitative estimate of drug-likeness (QED) is 0.408. The van der Waals surface area contributed by atoms with Crippen LogP contribution in [0, 0.1) is 0 Å². The molecule has 0 aliphatic heterocycles. The molecule has 0 bridgehead atoms. The first-order valence-corrected chi connectivity index (χ1v) is 0. The van der Waals surface area contributed by atoms with E-state index in [2.05, 4.69) is 0 Å². The van der Waals surface area contributed by atoms with Crippen LogP contribution in [0.15, 0.2) is 0 Å². The Kier molecular flexibility index (Phi) is 496. The van der Waals surface area contributed by atoms with Gasteiger partial charge in [-0.15, -0.1) is 12.4 Å². The van der Waals surface area contributed by atoms with E-state index in [0.717, 1.165) is 0 Å². The Balaban J connectivity index is 0. The normalized spacial score (nSPS) is 0. The Bertz CT molecular complexity index is 13.5. The van der Waals surface area contributed by atoms with Crippen molar-refractivity contribution in [1.82, 2.24) is 0 Å². The summed E-state index contributed by atoms with van der Waals surface area (Å²) in [6.07, 6.45) is 0. The molecule has 0 aromatic carbocycles. The van der Waals surface area contributed by atoms with E-state index >= 15 is 0 Å². The van der Waals surface area contributed by atoms with Crippen LogP contribution in [0.2, 0.25) is 0 Å². The van der Waals surface area contributed by atoms with Gasteiger partial charge in [0.25, 0.3) is 0 Å². The van der Waals surface area contributed by atoms with Crippen molar-refractivity contribution in [3.8, 4) is 0 Å². The van der Waals surface area contributed by atoms with Crippen LogP contribution in [-0.4, -0.2) is 11.0 Å². The molecule has 5 heavy (non-hydrogen) atoms. The van der Waals surface area contributed by atoms with Gasteiger partial charge in [0, 0.05) is 22.4 Å². The van der Waals surface area contributed by atoms with Gasteiger partial charge in [0.2, 0.25) is 0 Å². The molecule has 0 amide bonds. The maximum Gasteiger partial charge on any atom is 1.00 e. The van der Waals surface area contributed by atoms with Crippen LogP contribution < -0.4 is 29.6 Å². The molecule has 0 rings (SSSR count). The zero-order valence-electron chi connectivity index (χ0n) is 3.71. The standard InChI is InChI=1S/Au.ClH.Na.2H2O.H/h;1H;;2*1H2;/q;;+1;;;-1. The summed E-state index contributed by atoms with van der Waals surface area (Å²) in [5.74, 6) is 0. The average molecular weight is 293 g/mol. The minimum absolute atomic E-state index is 0. The summed E-state index contributed by atoms with van der Waals surface area (Å²) in [6, 6.07) is 0. The average Bonchev–Trinajstić information content (AvgIpc) is 0. The molecule has 0 aliphatic carbocycles. The predicted octanol–water partition coefficient (Wildman–Crippen LogP) is -4.11. The second kappa shape index (κ2) is 38.3. The molecule has 0 heterocycles. The zero-order chi connectivity index (χ0) is 0. The van der Waals surface area contributed by atoms with Gasteiger partial charge in [-0.3, -0.25) is 0 Å². The fourth-order valence-electron chi connectivity index (χ4n) is 0. The van der Waals surface area contributed by atoms with Gasteiger partial charge in [0.05, 0.1) is 0 Å². The Morgan fingerprint density at radius 2 is 1.00 bits per heavy atom. The van der Waals surface area contributed by atoms with E-state index in [1.165, 1.54) is 0 Å². The van der Waals surface area contributed by atoms with Crippen LogP contribution in [0.4, 0.5) is 0 Å². The Morgan fingerprint density at radius 1 is 1.00 bits per heavy atom. The molecule has 5 heteroatoms. The molecule has 4 N–H and O–H groups in total. The first-order valence-electron chi connectivity index (χ1n) is 0. The van der Waals surface area contributed by atoms with E-state index in [1.54, 1.807) is 0 Å². The minimum atomic E-state index is 0. The molecule has 0 atom stereocenters. The molecule has 0 saturated carbocycles. The third-order valence-electron chi connectivity index (χ3n) is 0. The predicted molar refractivity (Wildman–Crippen MR) is 15.6 cm³/mol. The smallest absolute Gasteiger partial charge is 1.00 e. The molecule has 37 valence electrons. The molecule has 0 unspecified atom stereocenters. The molecular formula is H6AuClNaO2. The molecule has 0 saturated heterocycles. The topological polar surface area (TPSA) is 63.0 Å². The van der Waals surface area contributed by atoms with Crippen molar-refractivity contribution >= 4 is 12.4 Å². The third kappa shape index (κ3) is 24.4. The van der Waals surface area contributed by atoms with Gasteiger partial charge in [0.1, 0.15) is 0 Å². The van der Waals surface area contributed by atoms with Crippen molar-refractivity contribution in [1.29, 1.82) is 0 Å². The SMILES string of the molecule is Cl.O.O.[Au].[H-].[Na+]. The summed E-state index contributed by atoms with van der Waals surface area (Å²) in [7, 11) is 0. The Hall–Kier alpha value is 1.95. The van der Waals surface area contributed by atoms with E-state index in [1.807, 2.05) is 0 Å². The second-order valence-corrected chi connectivity index (χ2v) is 0. The van der Waals surface area contributed by atoms with Crippen LogP contribution in [0.25, 0.3) is 0 Å². The van der Waals surface area contributed by atoms with Crippen molar-refractivity contribution in [2.45, 2.75) is 0 Å². The van der Waals surface area contributed by atoms with E-state index in [4.69, 9.17) is 0 Å². The van der Waals surface area contributed by atoms with Gasteiger partial charge in [-0.25, -0.2) is 0 Å². The molecular weight excluding hydrogens is 287 g/mol. The fourth-order valence-corrected chi connectivity index (χ4v) is 0. The largest absolute Gasteiger partial charge is 1.00 e. The van der Waals surface area contributed by atoms with Gasteiger partial charge in [-0.1, -0.05) is 0 Å². The first kappa shape index (κ1) is 64.7. The number of halogens is 1. The van der Waals surface area contributed by atoms with Crippen molar-refractivity contribution < 1.29 is 64.3 Å². The van der Waals surface area contributed by atoms with Crippen LogP contribution in [0.3, 0.4) is 0 Å². The van der Waals surface area contributed by atoms with Crippen molar-refractivity contribution in [2.75, 3.05) is 0 Å². The molecule has 1 radical (unpaired) electrons. The van der Waals surface area contributed by atoms with E-state index < -0.39 is 0 Å². The molecule has 0 fully saturated rings. The first-order chi connectivity index (χ1) is 0. The summed E-state index contributed by atoms with van der Waals surface area (Å²) in [5, 5.41) is 0. The number of hydrogen-bond acceptors (Lipinski definition) is 0. The summed E-state index contributed by atoms with van der Waals surface area (Å²) < 4.78 is 0. The zero-order valence-corrected chi connectivity index (χ0v) is 7.69. The summed E-state index contributed by atoms with van der Waals surface area (Å²) >= 11 is 0. The minimum Gasteiger partial charge on any atom is -1.00 e. The fraction of sp³-hybridized carbons (Fsp3) is 0. The van der Waals surface area contributed by atoms with Gasteiger partial charge < -0.3 is 12.4 Å². The second-order valence-electron chi connectivity index (χ2n) is 0. The molecule has 0 aliphatic rings. The number of hydrogen-bond donors (Lipinski definition) is 0. The Morgan fingerprint density at radius 3 is 1.00 bits per heavy atom. The van der Waals surface area contributed by atoms with Gasteiger partial charge in [-0.2, -0.15) is 0 Å². The summed E-state index contributed by atoms with van der Waals surface area (Å²) in [5.41, 5.74) is 0. The van der Waals surface area contributed by atoms with E-state index in [-0.39, 0.29) is 76.7 Å². The monoisotopic (exact) mass is 293 g/mol. The van der Waals surface area contributed by atoms with Crippen molar-refractivity contribution in [2.24, 2.45) is 0 Å². The summed E-state index contributed by atoms with van der Waals surface area (Å²) in [6.45, 7) is 0. The van der Waals surface area contributed by atoms with Gasteiger partial charge in [0.15, 0.2) is 0 Å². The number of rotatable bonds is 0. The maximum atomic E-state index is 0. The van der Waals surface area contributed by atoms with Gasteiger partial charge >= 0.3 is 29.6 Å². The van der Waals surface area contributed by atoms with Crippen LogP contribution in [-0.2, 0) is 22.4 Å². The maximum absolute atomic E-state index is 0. The van der Waals surface area contributed by atoms with Crippen LogP contribution in [0.1, 0.15) is 1.43 Å². The van der Waals surface area contributed by atoms with E-state index in [9.17, 15) is 0 Å². The third-order valence-corrected chi connectivity index (χ3v) is 0. The Labute approximate surface area is 76.0 Å². The van der Waals surface area contributed by atoms with E-state index in [0.29, 0.717) is 0 Å². The summed E-state index contributed by atoms with van der Waals surface area (Å²) in [4.78, 5) is 0. The van der Waals surface area contributed by atoms with Crippen molar-refractivity contribution in [3.05, 3.63) is 0 Å². The van der Waals surface area contributed by atoms with Crippen LogP contribution >= 0.6 is 12.4 Å². The van der Waals surface area contributed by atoms with Crippen LogP contribution in [0.5, 0.6) is 0 Å².